The Bertz CT molecular complexity index is 1530. The van der Waals surface area contributed by atoms with Crippen LogP contribution in [0, 0.1) is 0 Å². The molecule has 1 amide bonds. The van der Waals surface area contributed by atoms with Gasteiger partial charge in [0.2, 0.25) is 5.91 Å². The fourth-order valence-electron chi connectivity index (χ4n) is 11.7. The van der Waals surface area contributed by atoms with Crippen LogP contribution in [0.3, 0.4) is 0 Å². The molecular weight excluding hydrogens is 1030 g/mol. The van der Waals surface area contributed by atoms with E-state index < -0.39 is 12.1 Å². The van der Waals surface area contributed by atoms with Crippen LogP contribution in [0.2, 0.25) is 0 Å². The van der Waals surface area contributed by atoms with E-state index in [0.29, 0.717) is 12.8 Å². The summed E-state index contributed by atoms with van der Waals surface area (Å²) in [5, 5.41) is 23.5. The van der Waals surface area contributed by atoms with Crippen LogP contribution in [0.5, 0.6) is 0 Å². The molecule has 3 N–H and O–H groups in total. The van der Waals surface area contributed by atoms with Gasteiger partial charge in [0.05, 0.1) is 18.8 Å². The molecule has 0 aromatic heterocycles. The summed E-state index contributed by atoms with van der Waals surface area (Å²) >= 11 is 0. The van der Waals surface area contributed by atoms with Crippen molar-refractivity contribution in [3.63, 3.8) is 0 Å². The molecule has 0 radical (unpaired) electrons. The van der Waals surface area contributed by atoms with Crippen LogP contribution in [0.1, 0.15) is 393 Å². The first-order valence-corrected chi connectivity index (χ1v) is 37.9. The number of hydrogen-bond acceptors (Lipinski definition) is 3. The van der Waals surface area contributed by atoms with Crippen LogP contribution in [0.25, 0.3) is 0 Å². The fourth-order valence-corrected chi connectivity index (χ4v) is 11.7. The molecule has 4 nitrogen and oxygen atoms in total. The largest absolute Gasteiger partial charge is 0.394 e. The van der Waals surface area contributed by atoms with Gasteiger partial charge < -0.3 is 15.5 Å². The maximum absolute atomic E-state index is 12.6. The number of amides is 1. The van der Waals surface area contributed by atoms with E-state index in [1.165, 1.54) is 289 Å². The number of carbonyl (C=O) groups excluding carboxylic acids is 1. The van der Waals surface area contributed by atoms with Gasteiger partial charge in [0.15, 0.2) is 0 Å². The molecule has 2 atom stereocenters. The van der Waals surface area contributed by atoms with Gasteiger partial charge in [-0.3, -0.25) is 4.79 Å². The van der Waals surface area contributed by atoms with E-state index in [4.69, 9.17) is 0 Å². The zero-order valence-electron chi connectivity index (χ0n) is 57.1. The average Bonchev–Trinajstić information content (AvgIpc) is 3.51. The number of unbranched alkanes of at least 4 members (excludes halogenated alkanes) is 47. The van der Waals surface area contributed by atoms with E-state index in [1.54, 1.807) is 0 Å². The molecule has 0 aliphatic carbocycles. The van der Waals surface area contributed by atoms with E-state index >= 15 is 0 Å². The summed E-state index contributed by atoms with van der Waals surface area (Å²) in [5.74, 6) is -0.0275. The molecular formula is C81H147NO3. The zero-order valence-corrected chi connectivity index (χ0v) is 57.1. The summed E-state index contributed by atoms with van der Waals surface area (Å²) in [6.07, 6.45) is 112. The van der Waals surface area contributed by atoms with E-state index in [1.807, 2.05) is 0 Å². The molecule has 0 bridgehead atoms. The van der Waals surface area contributed by atoms with Gasteiger partial charge >= 0.3 is 0 Å². The molecule has 0 saturated heterocycles. The minimum absolute atomic E-state index is 0.0275. The van der Waals surface area contributed by atoms with E-state index in [2.05, 4.69) is 116 Å². The Morgan fingerprint density at radius 3 is 0.776 bits per heavy atom. The lowest BCUT2D eigenvalue weighted by Gasteiger charge is -2.22. The Hall–Kier alpha value is -2.69. The number of aliphatic hydroxyl groups excluding tert-OH is 2. The zero-order chi connectivity index (χ0) is 61.2. The van der Waals surface area contributed by atoms with Gasteiger partial charge in [0.1, 0.15) is 0 Å². The molecule has 0 aromatic carbocycles. The maximum atomic E-state index is 12.6. The normalized spacial score (nSPS) is 13.2. The van der Waals surface area contributed by atoms with Crippen molar-refractivity contribution >= 4 is 5.91 Å². The molecule has 4 heteroatoms. The smallest absolute Gasteiger partial charge is 0.220 e. The van der Waals surface area contributed by atoms with Crippen LogP contribution < -0.4 is 5.32 Å². The first kappa shape index (κ1) is 82.3. The molecule has 0 heterocycles. The van der Waals surface area contributed by atoms with Crippen molar-refractivity contribution in [3.05, 3.63) is 97.2 Å². The van der Waals surface area contributed by atoms with Crippen molar-refractivity contribution in [2.24, 2.45) is 0 Å². The summed E-state index contributed by atoms with van der Waals surface area (Å²) in [5.41, 5.74) is 0. The Labute approximate surface area is 532 Å². The summed E-state index contributed by atoms with van der Waals surface area (Å²) in [7, 11) is 0. The maximum Gasteiger partial charge on any atom is 0.220 e. The Balaban J connectivity index is 3.44. The second-order valence-electron chi connectivity index (χ2n) is 25.7. The number of aliphatic hydroxyl groups is 2. The quantitative estimate of drug-likeness (QED) is 0.0420. The van der Waals surface area contributed by atoms with Gasteiger partial charge in [-0.05, 0) is 77.0 Å². The van der Waals surface area contributed by atoms with Crippen molar-refractivity contribution in [1.29, 1.82) is 0 Å². The van der Waals surface area contributed by atoms with Crippen LogP contribution in [-0.2, 0) is 4.79 Å². The Morgan fingerprint density at radius 1 is 0.294 bits per heavy atom. The van der Waals surface area contributed by atoms with Gasteiger partial charge in [-0.2, -0.15) is 0 Å². The van der Waals surface area contributed by atoms with Crippen molar-refractivity contribution < 1.29 is 15.0 Å². The molecule has 494 valence electrons. The van der Waals surface area contributed by atoms with Crippen molar-refractivity contribution in [2.45, 2.75) is 405 Å². The topological polar surface area (TPSA) is 69.6 Å². The average molecular weight is 1180 g/mol. The van der Waals surface area contributed by atoms with Crippen LogP contribution in [0.4, 0.5) is 0 Å². The van der Waals surface area contributed by atoms with Gasteiger partial charge in [0.25, 0.3) is 0 Å². The minimum atomic E-state index is -0.665. The molecule has 0 aliphatic heterocycles. The van der Waals surface area contributed by atoms with Crippen LogP contribution in [-0.4, -0.2) is 34.9 Å². The predicted molar refractivity (Wildman–Crippen MR) is 382 cm³/mol. The highest BCUT2D eigenvalue weighted by molar-refractivity contribution is 5.76. The summed E-state index contributed by atoms with van der Waals surface area (Å²) in [6.45, 7) is 4.28. The lowest BCUT2D eigenvalue weighted by Crippen LogP contribution is -2.45. The standard InChI is InChI=1S/C81H147NO3/c1-3-5-7-9-11-13-15-17-19-21-23-25-27-29-31-33-35-37-38-39-40-41-42-43-44-45-47-49-51-53-55-57-59-61-63-65-67-69-71-73-75-77-81(85)82-79(78-83)80(84)76-74-72-70-68-66-64-62-60-58-56-54-52-50-48-46-36-34-32-30-28-26-24-22-20-18-16-14-12-10-8-6-4-2/h5,7,11,13,17,19,23,25,29,31,35,37,39-40,42-43,79-80,83-84H,3-4,6,8-10,12,14-16,18,20-22,24,26-28,30,32-34,36,38,41,44-78H2,1-2H3,(H,82,85)/b7-5-,13-11-,19-17-,25-23-,31-29-,37-35-,40-39-,43-42-. The van der Waals surface area contributed by atoms with Gasteiger partial charge in [0, 0.05) is 6.42 Å². The Kier molecular flexibility index (Phi) is 73.2. The molecule has 0 aromatic rings. The third kappa shape index (κ3) is 72.0. The van der Waals surface area contributed by atoms with E-state index in [0.717, 1.165) is 77.0 Å². The second kappa shape index (κ2) is 75.6. The minimum Gasteiger partial charge on any atom is -0.394 e. The van der Waals surface area contributed by atoms with Crippen LogP contribution in [0.15, 0.2) is 97.2 Å². The number of allylic oxidation sites excluding steroid dienone is 16. The van der Waals surface area contributed by atoms with E-state index in [-0.39, 0.29) is 12.5 Å². The molecule has 2 unspecified atom stereocenters. The molecule has 0 saturated carbocycles. The predicted octanol–water partition coefficient (Wildman–Crippen LogP) is 26.3. The number of nitrogens with one attached hydrogen (secondary N) is 1. The second-order valence-corrected chi connectivity index (χ2v) is 25.7. The highest BCUT2D eigenvalue weighted by Crippen LogP contribution is 2.19. The highest BCUT2D eigenvalue weighted by Gasteiger charge is 2.20. The third-order valence-electron chi connectivity index (χ3n) is 17.4. The SMILES string of the molecule is CC/C=C\C/C=C\C/C=C\C/C=C\C/C=C\C/C=C\C/C=C\C/C=C\CCCCCCCCCCCCCCCCCCC(=O)NC(CO)C(O)CCCCCCCCCCCCCCCCCCCCCCCCCCCCCCCCCC. The number of carbonyl (C=O) groups is 1. The van der Waals surface area contributed by atoms with E-state index in [9.17, 15) is 15.0 Å². The van der Waals surface area contributed by atoms with Gasteiger partial charge in [-0.15, -0.1) is 0 Å². The summed E-state index contributed by atoms with van der Waals surface area (Å²) < 4.78 is 0. The number of rotatable bonds is 70. The summed E-state index contributed by atoms with van der Waals surface area (Å²) in [6, 6.07) is -0.542. The van der Waals surface area contributed by atoms with Crippen molar-refractivity contribution in [2.75, 3.05) is 6.61 Å². The summed E-state index contributed by atoms with van der Waals surface area (Å²) in [4.78, 5) is 12.6. The van der Waals surface area contributed by atoms with Crippen molar-refractivity contribution in [3.8, 4) is 0 Å². The fraction of sp³-hybridized carbons (Fsp3) is 0.790. The Morgan fingerprint density at radius 2 is 0.518 bits per heavy atom. The molecule has 0 spiro atoms. The van der Waals surface area contributed by atoms with Gasteiger partial charge in [-0.1, -0.05) is 406 Å². The molecule has 0 aliphatic rings. The molecule has 0 rings (SSSR count). The highest BCUT2D eigenvalue weighted by atomic mass is 16.3. The van der Waals surface area contributed by atoms with Crippen LogP contribution >= 0.6 is 0 Å². The first-order chi connectivity index (χ1) is 42.2. The molecule has 85 heavy (non-hydrogen) atoms. The van der Waals surface area contributed by atoms with Crippen molar-refractivity contribution in [1.82, 2.24) is 5.32 Å². The third-order valence-corrected chi connectivity index (χ3v) is 17.4. The number of hydrogen-bond donors (Lipinski definition) is 3. The van der Waals surface area contributed by atoms with Gasteiger partial charge in [-0.25, -0.2) is 0 Å². The molecule has 0 fully saturated rings. The monoisotopic (exact) mass is 1180 g/mol. The lowest BCUT2D eigenvalue weighted by atomic mass is 10.0. The first-order valence-electron chi connectivity index (χ1n) is 37.9. The lowest BCUT2D eigenvalue weighted by molar-refractivity contribution is -0.123.